The molecule has 7 nitrogen and oxygen atoms in total. The second-order valence-electron chi connectivity index (χ2n) is 9.90. The fraction of sp³-hybridized carbons (Fsp3) is 0.500. The summed E-state index contributed by atoms with van der Waals surface area (Å²) in [5.41, 5.74) is 2.02. The Hall–Kier alpha value is -2.55. The Morgan fingerprint density at radius 1 is 0.944 bits per heavy atom. The first-order chi connectivity index (χ1) is 17.5. The molecule has 1 saturated heterocycles. The van der Waals surface area contributed by atoms with Crippen LogP contribution in [0.2, 0.25) is 0 Å². The smallest absolute Gasteiger partial charge is 0.243 e. The third-order valence-electron chi connectivity index (χ3n) is 7.58. The zero-order chi connectivity index (χ0) is 25.1. The van der Waals surface area contributed by atoms with Gasteiger partial charge in [0.1, 0.15) is 11.9 Å². The molecular formula is C28H36N4O3S. The van der Waals surface area contributed by atoms with Crippen LogP contribution >= 0.6 is 0 Å². The van der Waals surface area contributed by atoms with Crippen LogP contribution in [0.15, 0.2) is 53.4 Å². The van der Waals surface area contributed by atoms with Gasteiger partial charge >= 0.3 is 0 Å². The molecule has 5 rings (SSSR count). The first kappa shape index (κ1) is 25.1. The van der Waals surface area contributed by atoms with Crippen molar-refractivity contribution in [3.63, 3.8) is 0 Å². The molecule has 2 aromatic carbocycles. The Balaban J connectivity index is 1.31. The summed E-state index contributed by atoms with van der Waals surface area (Å²) in [5.74, 6) is 1.40. The zero-order valence-corrected chi connectivity index (χ0v) is 22.1. The Bertz CT molecular complexity index is 1280. The van der Waals surface area contributed by atoms with Crippen LogP contribution in [0, 0.1) is 0 Å². The minimum absolute atomic E-state index is 0.0444. The van der Waals surface area contributed by atoms with Gasteiger partial charge in [-0.3, -0.25) is 4.90 Å². The number of hydrogen-bond acceptors (Lipinski definition) is 6. The lowest BCUT2D eigenvalue weighted by atomic mass is 9.98. The summed E-state index contributed by atoms with van der Waals surface area (Å²) in [6, 6.07) is 15.2. The van der Waals surface area contributed by atoms with Crippen LogP contribution in [0.4, 0.5) is 0 Å². The summed E-state index contributed by atoms with van der Waals surface area (Å²) in [5, 5.41) is 0.948. The maximum atomic E-state index is 13.2. The number of piperazine rings is 1. The van der Waals surface area contributed by atoms with Gasteiger partial charge in [-0.25, -0.2) is 13.4 Å². The predicted molar refractivity (Wildman–Crippen MR) is 142 cm³/mol. The number of rotatable bonds is 7. The summed E-state index contributed by atoms with van der Waals surface area (Å²) >= 11 is 0. The van der Waals surface area contributed by atoms with Crippen LogP contribution in [-0.2, 0) is 16.4 Å². The van der Waals surface area contributed by atoms with Crippen LogP contribution in [0.5, 0.6) is 5.88 Å². The summed E-state index contributed by atoms with van der Waals surface area (Å²) in [6.45, 7) is 6.31. The number of hydrogen-bond donors (Lipinski definition) is 0. The molecule has 0 unspecified atom stereocenters. The van der Waals surface area contributed by atoms with Crippen LogP contribution in [0.3, 0.4) is 0 Å². The third-order valence-corrected chi connectivity index (χ3v) is 9.49. The molecule has 0 amide bonds. The fourth-order valence-electron chi connectivity index (χ4n) is 5.22. The van der Waals surface area contributed by atoms with Crippen molar-refractivity contribution < 1.29 is 13.2 Å². The monoisotopic (exact) mass is 508 g/mol. The Kier molecular flexibility index (Phi) is 7.55. The molecule has 0 spiro atoms. The van der Waals surface area contributed by atoms with Gasteiger partial charge in [0.15, 0.2) is 0 Å². The molecule has 0 N–H and O–H groups in total. The van der Waals surface area contributed by atoms with Gasteiger partial charge in [0.05, 0.1) is 21.8 Å². The Labute approximate surface area is 214 Å². The summed E-state index contributed by atoms with van der Waals surface area (Å²) in [4.78, 5) is 12.4. The average Bonchev–Trinajstić information content (AvgIpc) is 2.93. The number of nitrogens with zero attached hydrogens (tertiary/aromatic N) is 4. The van der Waals surface area contributed by atoms with Crippen LogP contribution in [-0.4, -0.2) is 59.9 Å². The molecule has 2 fully saturated rings. The molecule has 1 aliphatic heterocycles. The minimum atomic E-state index is -3.50. The Morgan fingerprint density at radius 2 is 1.64 bits per heavy atom. The topological polar surface area (TPSA) is 75.6 Å². The van der Waals surface area contributed by atoms with Crippen molar-refractivity contribution in [3.05, 3.63) is 59.9 Å². The van der Waals surface area contributed by atoms with Crippen molar-refractivity contribution in [3.8, 4) is 5.88 Å². The lowest BCUT2D eigenvalue weighted by Crippen LogP contribution is -2.49. The third kappa shape index (κ3) is 5.26. The van der Waals surface area contributed by atoms with Crippen molar-refractivity contribution in [2.45, 2.75) is 69.4 Å². The van der Waals surface area contributed by atoms with Gasteiger partial charge in [-0.1, -0.05) is 37.6 Å². The van der Waals surface area contributed by atoms with Gasteiger partial charge in [-0.05, 0) is 68.9 Å². The van der Waals surface area contributed by atoms with E-state index in [0.29, 0.717) is 37.0 Å². The molecule has 8 heteroatoms. The summed E-state index contributed by atoms with van der Waals surface area (Å²) in [6.07, 6.45) is 6.92. The number of sulfonamides is 1. The van der Waals surface area contributed by atoms with Gasteiger partial charge in [0.25, 0.3) is 0 Å². The largest absolute Gasteiger partial charge is 0.474 e. The van der Waals surface area contributed by atoms with Gasteiger partial charge in [0.2, 0.25) is 15.9 Å². The van der Waals surface area contributed by atoms with E-state index in [2.05, 4.69) is 18.7 Å². The minimum Gasteiger partial charge on any atom is -0.474 e. The van der Waals surface area contributed by atoms with Crippen molar-refractivity contribution in [1.82, 2.24) is 19.2 Å². The van der Waals surface area contributed by atoms with E-state index in [9.17, 15) is 8.42 Å². The number of aryl methyl sites for hydroxylation is 1. The van der Waals surface area contributed by atoms with Crippen molar-refractivity contribution >= 4 is 20.9 Å². The molecular weight excluding hydrogens is 472 g/mol. The van der Waals surface area contributed by atoms with E-state index in [1.165, 1.54) is 19.3 Å². The molecule has 36 heavy (non-hydrogen) atoms. The standard InChI is InChI=1S/C28H36N4O3S/c1-3-22-13-15-24(16-14-22)36(33,34)32-19-17-31(18-20-32)21(2)27-29-26-12-8-7-11-25(26)28(30-27)35-23-9-5-4-6-10-23/h7-8,11-16,21,23H,3-6,9-10,17-20H2,1-2H3/t21-/m0/s1. The van der Waals surface area contributed by atoms with Crippen molar-refractivity contribution in [2.24, 2.45) is 0 Å². The normalized spacial score (nSPS) is 19.4. The fourth-order valence-corrected chi connectivity index (χ4v) is 6.65. The molecule has 3 aromatic rings. The van der Waals surface area contributed by atoms with E-state index >= 15 is 0 Å². The Morgan fingerprint density at radius 3 is 2.33 bits per heavy atom. The van der Waals surface area contributed by atoms with E-state index in [-0.39, 0.29) is 12.1 Å². The van der Waals surface area contributed by atoms with E-state index in [0.717, 1.165) is 41.6 Å². The molecule has 2 heterocycles. The molecule has 2 aliphatic rings. The van der Waals surface area contributed by atoms with Crippen molar-refractivity contribution in [1.29, 1.82) is 0 Å². The lowest BCUT2D eigenvalue weighted by molar-refractivity contribution is 0.135. The highest BCUT2D eigenvalue weighted by Gasteiger charge is 2.31. The molecule has 1 atom stereocenters. The quantitative estimate of drug-likeness (QED) is 0.449. The van der Waals surface area contributed by atoms with E-state index < -0.39 is 10.0 Å². The number of aromatic nitrogens is 2. The average molecular weight is 509 g/mol. The number of benzene rings is 2. The molecule has 1 saturated carbocycles. The number of ether oxygens (including phenoxy) is 1. The van der Waals surface area contributed by atoms with Gasteiger partial charge in [-0.15, -0.1) is 0 Å². The number of fused-ring (bicyclic) bond motifs is 1. The molecule has 192 valence electrons. The van der Waals surface area contributed by atoms with Crippen molar-refractivity contribution in [2.75, 3.05) is 26.2 Å². The maximum absolute atomic E-state index is 13.2. The zero-order valence-electron chi connectivity index (χ0n) is 21.3. The number of para-hydroxylation sites is 1. The highest BCUT2D eigenvalue weighted by atomic mass is 32.2. The van der Waals surface area contributed by atoms with E-state index in [4.69, 9.17) is 14.7 Å². The maximum Gasteiger partial charge on any atom is 0.243 e. The second kappa shape index (κ2) is 10.8. The first-order valence-electron chi connectivity index (χ1n) is 13.2. The molecule has 0 bridgehead atoms. The SMILES string of the molecule is CCc1ccc(S(=O)(=O)N2CCN([C@@H](C)c3nc(OC4CCCCC4)c4ccccc4n3)CC2)cc1. The van der Waals surface area contributed by atoms with Crippen LogP contribution in [0.1, 0.15) is 63.4 Å². The molecule has 1 aromatic heterocycles. The van der Waals surface area contributed by atoms with Gasteiger partial charge < -0.3 is 4.74 Å². The van der Waals surface area contributed by atoms with Crippen LogP contribution < -0.4 is 4.74 Å². The van der Waals surface area contributed by atoms with Crippen LogP contribution in [0.25, 0.3) is 10.9 Å². The second-order valence-corrected chi connectivity index (χ2v) is 11.8. The summed E-state index contributed by atoms with van der Waals surface area (Å²) in [7, 11) is -3.50. The highest BCUT2D eigenvalue weighted by molar-refractivity contribution is 7.89. The molecule has 0 radical (unpaired) electrons. The van der Waals surface area contributed by atoms with E-state index in [1.807, 2.05) is 36.4 Å². The summed E-state index contributed by atoms with van der Waals surface area (Å²) < 4.78 is 34.4. The van der Waals surface area contributed by atoms with Gasteiger partial charge in [0, 0.05) is 26.2 Å². The van der Waals surface area contributed by atoms with Gasteiger partial charge in [-0.2, -0.15) is 9.29 Å². The lowest BCUT2D eigenvalue weighted by Gasteiger charge is -2.37. The molecule has 1 aliphatic carbocycles. The first-order valence-corrected chi connectivity index (χ1v) is 14.7. The van der Waals surface area contributed by atoms with E-state index in [1.54, 1.807) is 16.4 Å². The highest BCUT2D eigenvalue weighted by Crippen LogP contribution is 2.30. The predicted octanol–water partition coefficient (Wildman–Crippen LogP) is 4.97.